The molecular formula is C13H12F3N5O2S. The standard InChI is InChI=1S/C13H12F3N5O2S/c1-20(3-2-9-18-11(23-19-9)13(14,15)16)10(22)6-8-7-21-4-5-24-12(21)17-8/h4-5,7H,2-3,6H2,1H3. The van der Waals surface area contributed by atoms with Gasteiger partial charge in [0.25, 0.3) is 0 Å². The van der Waals surface area contributed by atoms with Crippen molar-refractivity contribution in [2.24, 2.45) is 0 Å². The fourth-order valence-corrected chi connectivity index (χ4v) is 2.73. The summed E-state index contributed by atoms with van der Waals surface area (Å²) in [5, 5.41) is 5.15. The first-order chi connectivity index (χ1) is 11.3. The van der Waals surface area contributed by atoms with Crippen LogP contribution in [0.5, 0.6) is 0 Å². The summed E-state index contributed by atoms with van der Waals surface area (Å²) in [6, 6.07) is 0. The van der Waals surface area contributed by atoms with Crippen molar-refractivity contribution in [2.75, 3.05) is 13.6 Å². The van der Waals surface area contributed by atoms with Crippen LogP contribution in [0.25, 0.3) is 4.96 Å². The Labute approximate surface area is 137 Å². The third kappa shape index (κ3) is 3.55. The number of hydrogen-bond acceptors (Lipinski definition) is 6. The molecule has 0 unspecified atom stereocenters. The number of nitrogens with zero attached hydrogens (tertiary/aromatic N) is 5. The van der Waals surface area contributed by atoms with Crippen LogP contribution in [-0.4, -0.2) is 43.9 Å². The summed E-state index contributed by atoms with van der Waals surface area (Å²) in [6.07, 6.45) is -0.864. The maximum Gasteiger partial charge on any atom is 0.471 e. The highest BCUT2D eigenvalue weighted by molar-refractivity contribution is 7.15. The SMILES string of the molecule is CN(CCc1noc(C(F)(F)F)n1)C(=O)Cc1cn2ccsc2n1. The van der Waals surface area contributed by atoms with Crippen molar-refractivity contribution in [3.8, 4) is 0 Å². The molecule has 0 N–H and O–H groups in total. The smallest absolute Gasteiger partial charge is 0.345 e. The first-order valence-corrected chi connectivity index (χ1v) is 7.76. The average molecular weight is 359 g/mol. The third-order valence-electron chi connectivity index (χ3n) is 3.28. The largest absolute Gasteiger partial charge is 0.471 e. The number of carbonyl (C=O) groups excluding carboxylic acids is 1. The summed E-state index contributed by atoms with van der Waals surface area (Å²) in [6.45, 7) is 0.178. The number of alkyl halides is 3. The Morgan fingerprint density at radius 2 is 2.21 bits per heavy atom. The van der Waals surface area contributed by atoms with Crippen LogP contribution in [0.3, 0.4) is 0 Å². The minimum absolute atomic E-state index is 0.0695. The van der Waals surface area contributed by atoms with Crippen molar-refractivity contribution in [1.82, 2.24) is 24.4 Å². The number of halogens is 3. The Morgan fingerprint density at radius 3 is 2.88 bits per heavy atom. The van der Waals surface area contributed by atoms with E-state index in [9.17, 15) is 18.0 Å². The molecule has 3 rings (SSSR count). The van der Waals surface area contributed by atoms with Gasteiger partial charge in [-0.3, -0.25) is 9.20 Å². The van der Waals surface area contributed by atoms with E-state index >= 15 is 0 Å². The summed E-state index contributed by atoms with van der Waals surface area (Å²) in [5.41, 5.74) is 0.637. The normalized spacial score (nSPS) is 12.0. The van der Waals surface area contributed by atoms with Gasteiger partial charge in [-0.1, -0.05) is 5.16 Å². The van der Waals surface area contributed by atoms with Crippen molar-refractivity contribution >= 4 is 22.2 Å². The van der Waals surface area contributed by atoms with Crippen molar-refractivity contribution in [3.63, 3.8) is 0 Å². The number of imidazole rings is 1. The number of thiazole rings is 1. The van der Waals surface area contributed by atoms with Crippen molar-refractivity contribution in [3.05, 3.63) is 35.2 Å². The molecule has 0 aliphatic carbocycles. The van der Waals surface area contributed by atoms with Gasteiger partial charge in [0.2, 0.25) is 5.91 Å². The molecule has 1 amide bonds. The van der Waals surface area contributed by atoms with Crippen LogP contribution >= 0.6 is 11.3 Å². The molecule has 0 radical (unpaired) electrons. The van der Waals surface area contributed by atoms with Gasteiger partial charge in [0.15, 0.2) is 10.8 Å². The van der Waals surface area contributed by atoms with Gasteiger partial charge >= 0.3 is 12.1 Å². The minimum Gasteiger partial charge on any atom is -0.345 e. The van der Waals surface area contributed by atoms with Crippen molar-refractivity contribution in [1.29, 1.82) is 0 Å². The van der Waals surface area contributed by atoms with E-state index in [0.29, 0.717) is 5.69 Å². The van der Waals surface area contributed by atoms with Gasteiger partial charge in [-0.25, -0.2) is 4.98 Å². The number of aromatic nitrogens is 4. The number of rotatable bonds is 5. The molecule has 0 fully saturated rings. The van der Waals surface area contributed by atoms with Gasteiger partial charge in [-0.15, -0.1) is 11.3 Å². The van der Waals surface area contributed by atoms with E-state index in [1.165, 1.54) is 16.2 Å². The molecule has 0 aliphatic rings. The predicted molar refractivity (Wildman–Crippen MR) is 77.4 cm³/mol. The first-order valence-electron chi connectivity index (χ1n) is 6.88. The summed E-state index contributed by atoms with van der Waals surface area (Å²) < 4.78 is 43.1. The second-order valence-electron chi connectivity index (χ2n) is 5.08. The molecule has 3 aromatic rings. The lowest BCUT2D eigenvalue weighted by molar-refractivity contribution is -0.159. The molecular weight excluding hydrogens is 347 g/mol. The molecule has 0 aliphatic heterocycles. The molecule has 0 saturated carbocycles. The minimum atomic E-state index is -4.67. The Morgan fingerprint density at radius 1 is 1.42 bits per heavy atom. The van der Waals surface area contributed by atoms with E-state index in [1.54, 1.807) is 13.2 Å². The predicted octanol–water partition coefficient (Wildman–Crippen LogP) is 2.04. The van der Waals surface area contributed by atoms with Gasteiger partial charge < -0.3 is 9.42 Å². The number of fused-ring (bicyclic) bond motifs is 1. The highest BCUT2D eigenvalue weighted by Gasteiger charge is 2.38. The maximum atomic E-state index is 12.4. The molecule has 7 nitrogen and oxygen atoms in total. The fourth-order valence-electron chi connectivity index (χ4n) is 2.01. The molecule has 11 heteroatoms. The van der Waals surface area contributed by atoms with Crippen LogP contribution in [-0.2, 0) is 23.8 Å². The lowest BCUT2D eigenvalue weighted by atomic mass is 10.3. The Balaban J connectivity index is 1.54. The maximum absolute atomic E-state index is 12.4. The monoisotopic (exact) mass is 359 g/mol. The molecule has 0 aromatic carbocycles. The molecule has 0 atom stereocenters. The van der Waals surface area contributed by atoms with E-state index in [2.05, 4.69) is 19.6 Å². The Kier molecular flexibility index (Phi) is 4.26. The van der Waals surface area contributed by atoms with Gasteiger partial charge in [0.05, 0.1) is 12.1 Å². The lowest BCUT2D eigenvalue weighted by Crippen LogP contribution is -2.30. The molecule has 24 heavy (non-hydrogen) atoms. The molecule has 3 aromatic heterocycles. The second kappa shape index (κ2) is 6.23. The highest BCUT2D eigenvalue weighted by atomic mass is 32.1. The van der Waals surface area contributed by atoms with E-state index < -0.39 is 12.1 Å². The average Bonchev–Trinajstić information content (AvgIpc) is 3.18. The van der Waals surface area contributed by atoms with E-state index in [1.807, 2.05) is 16.0 Å². The summed E-state index contributed by atoms with van der Waals surface area (Å²) in [4.78, 5) is 21.9. The van der Waals surface area contributed by atoms with Crippen LogP contribution in [0.2, 0.25) is 0 Å². The zero-order chi connectivity index (χ0) is 17.3. The quantitative estimate of drug-likeness (QED) is 0.697. The summed E-state index contributed by atoms with van der Waals surface area (Å²) in [5.74, 6) is -1.67. The highest BCUT2D eigenvalue weighted by Crippen LogP contribution is 2.27. The van der Waals surface area contributed by atoms with Crippen LogP contribution in [0.15, 0.2) is 22.3 Å². The van der Waals surface area contributed by atoms with Gasteiger partial charge in [0.1, 0.15) is 0 Å². The van der Waals surface area contributed by atoms with E-state index in [-0.39, 0.29) is 31.1 Å². The van der Waals surface area contributed by atoms with Crippen molar-refractivity contribution in [2.45, 2.75) is 19.0 Å². The molecule has 0 saturated heterocycles. The zero-order valence-corrected chi connectivity index (χ0v) is 13.3. The van der Waals surface area contributed by atoms with Gasteiger partial charge in [-0.2, -0.15) is 18.2 Å². The molecule has 3 heterocycles. The second-order valence-corrected chi connectivity index (χ2v) is 5.95. The topological polar surface area (TPSA) is 76.5 Å². The Hall–Kier alpha value is -2.43. The number of likely N-dealkylation sites (N-methyl/N-ethyl adjacent to an activating group) is 1. The number of amides is 1. The lowest BCUT2D eigenvalue weighted by Gasteiger charge is -2.15. The van der Waals surface area contributed by atoms with Gasteiger partial charge in [-0.05, 0) is 0 Å². The van der Waals surface area contributed by atoms with Crippen LogP contribution in [0, 0.1) is 0 Å². The van der Waals surface area contributed by atoms with Crippen molar-refractivity contribution < 1.29 is 22.5 Å². The summed E-state index contributed by atoms with van der Waals surface area (Å²) >= 11 is 1.46. The summed E-state index contributed by atoms with van der Waals surface area (Å²) in [7, 11) is 1.56. The molecule has 0 spiro atoms. The van der Waals surface area contributed by atoms with Gasteiger partial charge in [0, 0.05) is 37.8 Å². The fraction of sp³-hybridized carbons (Fsp3) is 0.385. The van der Waals surface area contributed by atoms with E-state index in [4.69, 9.17) is 0 Å². The molecule has 0 bridgehead atoms. The van der Waals surface area contributed by atoms with Crippen LogP contribution in [0.4, 0.5) is 13.2 Å². The Bertz CT molecular complexity index is 825. The number of carbonyl (C=O) groups is 1. The van der Waals surface area contributed by atoms with Crippen LogP contribution in [0.1, 0.15) is 17.4 Å². The molecule has 128 valence electrons. The number of hydrogen-bond donors (Lipinski definition) is 0. The van der Waals surface area contributed by atoms with Crippen LogP contribution < -0.4 is 0 Å². The first kappa shape index (κ1) is 16.4. The third-order valence-corrected chi connectivity index (χ3v) is 4.05. The zero-order valence-electron chi connectivity index (χ0n) is 12.4. The van der Waals surface area contributed by atoms with E-state index in [0.717, 1.165) is 4.96 Å².